The summed E-state index contributed by atoms with van der Waals surface area (Å²) in [5.41, 5.74) is 0. The lowest BCUT2D eigenvalue weighted by atomic mass is 10.0. The van der Waals surface area contributed by atoms with Crippen molar-refractivity contribution in [3.63, 3.8) is 0 Å². The third-order valence-corrected chi connectivity index (χ3v) is 3.39. The summed E-state index contributed by atoms with van der Waals surface area (Å²) in [4.78, 5) is 24.3. The van der Waals surface area contributed by atoms with Crippen molar-refractivity contribution in [2.75, 3.05) is 11.9 Å². The van der Waals surface area contributed by atoms with E-state index in [0.717, 1.165) is 11.5 Å². The Bertz CT molecular complexity index is 422. The van der Waals surface area contributed by atoms with Gasteiger partial charge in [0.2, 0.25) is 0 Å². The Balaban J connectivity index is 2.06. The van der Waals surface area contributed by atoms with Crippen LogP contribution < -0.4 is 5.32 Å². The number of urea groups is 1. The van der Waals surface area contributed by atoms with Crippen LogP contribution >= 0.6 is 11.5 Å². The standard InChI is InChI=1S/C9H12N4O3S/c1-5-2-3-13(7(5)8(14)15)9(16)11-6-4-10-12-17-6/h4-5,7H,2-3H2,1H3,(H,11,16)(H,14,15). The Morgan fingerprint density at radius 2 is 2.41 bits per heavy atom. The number of aliphatic carboxylic acids is 1. The highest BCUT2D eigenvalue weighted by Gasteiger charge is 2.39. The first-order valence-electron chi connectivity index (χ1n) is 5.17. The monoisotopic (exact) mass is 256 g/mol. The van der Waals surface area contributed by atoms with Crippen LogP contribution in [0.2, 0.25) is 0 Å². The van der Waals surface area contributed by atoms with E-state index in [1.807, 2.05) is 6.92 Å². The van der Waals surface area contributed by atoms with Gasteiger partial charge in [0.25, 0.3) is 0 Å². The molecule has 17 heavy (non-hydrogen) atoms. The average molecular weight is 256 g/mol. The van der Waals surface area contributed by atoms with E-state index in [0.29, 0.717) is 18.0 Å². The number of aromatic nitrogens is 2. The zero-order valence-electron chi connectivity index (χ0n) is 9.16. The number of hydrogen-bond acceptors (Lipinski definition) is 5. The van der Waals surface area contributed by atoms with Crippen LogP contribution in [-0.2, 0) is 4.79 Å². The third-order valence-electron chi connectivity index (χ3n) is 2.81. The molecule has 1 fully saturated rings. The zero-order chi connectivity index (χ0) is 12.4. The Hall–Kier alpha value is -1.70. The normalized spacial score (nSPS) is 23.7. The van der Waals surface area contributed by atoms with Crippen molar-refractivity contribution in [3.8, 4) is 0 Å². The molecule has 1 aromatic rings. The van der Waals surface area contributed by atoms with Gasteiger partial charge < -0.3 is 10.0 Å². The maximum atomic E-state index is 11.9. The average Bonchev–Trinajstić information content (AvgIpc) is 2.86. The molecular formula is C9H12N4O3S. The number of anilines is 1. The molecule has 7 nitrogen and oxygen atoms in total. The number of rotatable bonds is 2. The molecule has 0 saturated carbocycles. The van der Waals surface area contributed by atoms with Crippen LogP contribution in [0.4, 0.5) is 9.80 Å². The van der Waals surface area contributed by atoms with Crippen molar-refractivity contribution in [3.05, 3.63) is 6.20 Å². The Morgan fingerprint density at radius 1 is 1.65 bits per heavy atom. The van der Waals surface area contributed by atoms with Crippen LogP contribution in [-0.4, -0.2) is 44.2 Å². The van der Waals surface area contributed by atoms with Crippen molar-refractivity contribution < 1.29 is 14.7 Å². The minimum atomic E-state index is -0.965. The number of nitrogens with zero attached hydrogens (tertiary/aromatic N) is 3. The van der Waals surface area contributed by atoms with Gasteiger partial charge in [-0.2, -0.15) is 0 Å². The molecular weight excluding hydrogens is 244 g/mol. The highest BCUT2D eigenvalue weighted by Crippen LogP contribution is 2.25. The summed E-state index contributed by atoms with van der Waals surface area (Å²) in [6, 6.07) is -1.16. The summed E-state index contributed by atoms with van der Waals surface area (Å²) < 4.78 is 3.61. The first-order chi connectivity index (χ1) is 8.09. The van der Waals surface area contributed by atoms with Crippen LogP contribution in [0, 0.1) is 5.92 Å². The fraction of sp³-hybridized carbons (Fsp3) is 0.556. The molecule has 2 unspecified atom stereocenters. The summed E-state index contributed by atoms with van der Waals surface area (Å²) in [7, 11) is 0. The Morgan fingerprint density at radius 3 is 3.00 bits per heavy atom. The highest BCUT2D eigenvalue weighted by molar-refractivity contribution is 7.10. The minimum Gasteiger partial charge on any atom is -0.480 e. The molecule has 2 N–H and O–H groups in total. The number of nitrogens with one attached hydrogen (secondary N) is 1. The summed E-state index contributed by atoms with van der Waals surface area (Å²) in [5.74, 6) is -0.995. The zero-order valence-corrected chi connectivity index (χ0v) is 9.98. The summed E-state index contributed by atoms with van der Waals surface area (Å²) in [6.45, 7) is 2.29. The first kappa shape index (κ1) is 11.8. The lowest BCUT2D eigenvalue weighted by Gasteiger charge is -2.22. The predicted octanol–water partition coefficient (Wildman–Crippen LogP) is 0.865. The van der Waals surface area contributed by atoms with Crippen LogP contribution in [0.1, 0.15) is 13.3 Å². The number of likely N-dealkylation sites (tertiary alicyclic amines) is 1. The van der Waals surface area contributed by atoms with Crippen molar-refractivity contribution in [2.45, 2.75) is 19.4 Å². The van der Waals surface area contributed by atoms with Crippen molar-refractivity contribution in [1.82, 2.24) is 14.5 Å². The van der Waals surface area contributed by atoms with E-state index in [9.17, 15) is 9.59 Å². The van der Waals surface area contributed by atoms with E-state index < -0.39 is 18.0 Å². The minimum absolute atomic E-state index is 0.0298. The van der Waals surface area contributed by atoms with Crippen molar-refractivity contribution in [1.29, 1.82) is 0 Å². The number of carboxylic acids is 1. The fourth-order valence-corrected chi connectivity index (χ4v) is 2.36. The fourth-order valence-electron chi connectivity index (χ4n) is 1.95. The smallest absolute Gasteiger partial charge is 0.326 e. The van der Waals surface area contributed by atoms with Gasteiger partial charge in [0.05, 0.1) is 6.20 Å². The molecule has 0 aromatic carbocycles. The second kappa shape index (κ2) is 4.66. The van der Waals surface area contributed by atoms with E-state index in [4.69, 9.17) is 5.11 Å². The molecule has 0 aliphatic carbocycles. The Kier molecular flexibility index (Phi) is 3.23. The molecule has 1 aliphatic rings. The van der Waals surface area contributed by atoms with Crippen LogP contribution in [0.3, 0.4) is 0 Å². The molecule has 1 aliphatic heterocycles. The van der Waals surface area contributed by atoms with Crippen LogP contribution in [0.5, 0.6) is 0 Å². The quantitative estimate of drug-likeness (QED) is 0.818. The number of carbonyl (C=O) groups is 2. The summed E-state index contributed by atoms with van der Waals surface area (Å²) in [5, 5.41) is 15.8. The molecule has 2 atom stereocenters. The lowest BCUT2D eigenvalue weighted by Crippen LogP contribution is -2.44. The maximum absolute atomic E-state index is 11.9. The lowest BCUT2D eigenvalue weighted by molar-refractivity contribution is -0.142. The number of hydrogen-bond donors (Lipinski definition) is 2. The van der Waals surface area contributed by atoms with Gasteiger partial charge in [0, 0.05) is 18.1 Å². The SMILES string of the molecule is CC1CCN(C(=O)Nc2cnns2)C1C(=O)O. The van der Waals surface area contributed by atoms with Gasteiger partial charge in [-0.25, -0.2) is 9.59 Å². The van der Waals surface area contributed by atoms with Crippen molar-refractivity contribution in [2.24, 2.45) is 5.92 Å². The molecule has 0 radical (unpaired) electrons. The molecule has 0 bridgehead atoms. The molecule has 1 aromatic heterocycles. The maximum Gasteiger partial charge on any atom is 0.326 e. The van der Waals surface area contributed by atoms with Crippen LogP contribution in [0.25, 0.3) is 0 Å². The predicted molar refractivity (Wildman–Crippen MR) is 60.8 cm³/mol. The molecule has 2 heterocycles. The van der Waals surface area contributed by atoms with Gasteiger partial charge >= 0.3 is 12.0 Å². The number of amides is 2. The van der Waals surface area contributed by atoms with Gasteiger partial charge in [0.15, 0.2) is 0 Å². The number of carbonyl (C=O) groups excluding carboxylic acids is 1. The van der Waals surface area contributed by atoms with E-state index >= 15 is 0 Å². The van der Waals surface area contributed by atoms with E-state index in [-0.39, 0.29) is 5.92 Å². The number of carboxylic acid groups (broad SMARTS) is 1. The van der Waals surface area contributed by atoms with Gasteiger partial charge in [-0.1, -0.05) is 11.4 Å². The van der Waals surface area contributed by atoms with E-state index in [1.165, 1.54) is 11.1 Å². The summed E-state index contributed by atoms with van der Waals surface area (Å²) in [6.07, 6.45) is 2.13. The largest absolute Gasteiger partial charge is 0.480 e. The molecule has 8 heteroatoms. The van der Waals surface area contributed by atoms with Gasteiger partial charge in [-0.05, 0) is 12.3 Å². The summed E-state index contributed by atoms with van der Waals surface area (Å²) >= 11 is 1.05. The van der Waals surface area contributed by atoms with Gasteiger partial charge in [0.1, 0.15) is 11.0 Å². The second-order valence-electron chi connectivity index (χ2n) is 3.95. The van der Waals surface area contributed by atoms with Crippen LogP contribution in [0.15, 0.2) is 6.20 Å². The van der Waals surface area contributed by atoms with E-state index in [1.54, 1.807) is 0 Å². The highest BCUT2D eigenvalue weighted by atomic mass is 32.1. The molecule has 1 saturated heterocycles. The first-order valence-corrected chi connectivity index (χ1v) is 5.94. The van der Waals surface area contributed by atoms with Crippen molar-refractivity contribution >= 4 is 28.5 Å². The third kappa shape index (κ3) is 2.36. The van der Waals surface area contributed by atoms with E-state index in [2.05, 4.69) is 14.9 Å². The molecule has 2 rings (SSSR count). The van der Waals surface area contributed by atoms with Gasteiger partial charge in [-0.3, -0.25) is 5.32 Å². The molecule has 0 spiro atoms. The molecule has 2 amide bonds. The topological polar surface area (TPSA) is 95.4 Å². The van der Waals surface area contributed by atoms with Gasteiger partial charge in [-0.15, -0.1) is 5.10 Å². The second-order valence-corrected chi connectivity index (χ2v) is 4.74. The molecule has 92 valence electrons. The Labute approximate surface area is 102 Å².